The summed E-state index contributed by atoms with van der Waals surface area (Å²) in [7, 11) is 0. The van der Waals surface area contributed by atoms with Gasteiger partial charge in [0.25, 0.3) is 0 Å². The van der Waals surface area contributed by atoms with E-state index < -0.39 is 0 Å². The minimum atomic E-state index is -0.0636. The van der Waals surface area contributed by atoms with Crippen molar-refractivity contribution < 1.29 is 4.79 Å². The Hall–Kier alpha value is -0.850. The normalized spacial score (nSPS) is 45.7. The highest BCUT2D eigenvalue weighted by atomic mass is 16.1. The van der Waals surface area contributed by atoms with Crippen molar-refractivity contribution in [2.75, 3.05) is 0 Å². The first-order valence-electron chi connectivity index (χ1n) is 6.37. The molecule has 2 aliphatic carbocycles. The van der Waals surface area contributed by atoms with Crippen LogP contribution >= 0.6 is 0 Å². The Morgan fingerprint density at radius 2 is 2.06 bits per heavy atom. The van der Waals surface area contributed by atoms with Gasteiger partial charge in [0.2, 0.25) is 0 Å². The van der Waals surface area contributed by atoms with Crippen LogP contribution in [0.1, 0.15) is 46.5 Å². The molecule has 0 aromatic rings. The second-order valence-electron chi connectivity index (χ2n) is 5.76. The first-order chi connectivity index (χ1) is 7.58. The van der Waals surface area contributed by atoms with Gasteiger partial charge < -0.3 is 4.79 Å². The van der Waals surface area contributed by atoms with Crippen molar-refractivity contribution in [3.63, 3.8) is 0 Å². The first kappa shape index (κ1) is 11.6. The van der Waals surface area contributed by atoms with Crippen LogP contribution in [0.25, 0.3) is 0 Å². The van der Waals surface area contributed by atoms with Gasteiger partial charge in [0.05, 0.1) is 0 Å². The minimum Gasteiger partial charge on any atom is -0.303 e. The molecule has 1 nitrogen and oxygen atoms in total. The summed E-state index contributed by atoms with van der Waals surface area (Å²) in [4.78, 5) is 11.2. The summed E-state index contributed by atoms with van der Waals surface area (Å²) in [5.41, 5.74) is 2.88. The third-order valence-electron chi connectivity index (χ3n) is 4.44. The standard InChI is InChI=1S/C15H22O/c1-11-5-4-6-12(2)9-14-13(8-7-11)15(14,3)10-16/h5,9-10,13-14H,4,6-8H2,1-3H3/b11-5+,12-9+/t13-,14+,15-/m0/s1. The van der Waals surface area contributed by atoms with Gasteiger partial charge in [-0.05, 0) is 51.4 Å². The number of carbonyl (C=O) groups is 1. The summed E-state index contributed by atoms with van der Waals surface area (Å²) >= 11 is 0. The van der Waals surface area contributed by atoms with Gasteiger partial charge in [0, 0.05) is 5.41 Å². The molecule has 0 heterocycles. The van der Waals surface area contributed by atoms with Crippen LogP contribution < -0.4 is 0 Å². The smallest absolute Gasteiger partial charge is 0.126 e. The van der Waals surface area contributed by atoms with E-state index in [0.29, 0.717) is 11.8 Å². The van der Waals surface area contributed by atoms with Crippen LogP contribution in [0.4, 0.5) is 0 Å². The predicted molar refractivity (Wildman–Crippen MR) is 67.1 cm³/mol. The highest BCUT2D eigenvalue weighted by Gasteiger charge is 2.59. The Morgan fingerprint density at radius 1 is 1.31 bits per heavy atom. The minimum absolute atomic E-state index is 0.0636. The molecule has 1 saturated carbocycles. The van der Waals surface area contributed by atoms with E-state index in [4.69, 9.17) is 0 Å². The van der Waals surface area contributed by atoms with E-state index in [0.717, 1.165) is 19.3 Å². The van der Waals surface area contributed by atoms with Crippen molar-refractivity contribution >= 4 is 6.29 Å². The molecular weight excluding hydrogens is 196 g/mol. The van der Waals surface area contributed by atoms with E-state index in [1.54, 1.807) is 0 Å². The van der Waals surface area contributed by atoms with Gasteiger partial charge in [0.15, 0.2) is 0 Å². The van der Waals surface area contributed by atoms with Gasteiger partial charge in [-0.25, -0.2) is 0 Å². The van der Waals surface area contributed by atoms with Crippen molar-refractivity contribution in [3.8, 4) is 0 Å². The zero-order valence-corrected chi connectivity index (χ0v) is 10.6. The van der Waals surface area contributed by atoms with Crippen LogP contribution in [0.2, 0.25) is 0 Å². The van der Waals surface area contributed by atoms with E-state index in [-0.39, 0.29) is 5.41 Å². The quantitative estimate of drug-likeness (QED) is 0.482. The molecule has 2 rings (SSSR count). The summed E-state index contributed by atoms with van der Waals surface area (Å²) in [5.74, 6) is 1.09. The fourth-order valence-electron chi connectivity index (χ4n) is 3.03. The molecule has 1 fully saturated rings. The molecule has 0 saturated heterocycles. The van der Waals surface area contributed by atoms with Crippen LogP contribution in [-0.4, -0.2) is 6.29 Å². The second kappa shape index (κ2) is 4.20. The summed E-state index contributed by atoms with van der Waals surface area (Å²) in [5, 5.41) is 0. The van der Waals surface area contributed by atoms with Crippen molar-refractivity contribution in [2.45, 2.75) is 46.5 Å². The van der Waals surface area contributed by atoms with Crippen molar-refractivity contribution in [1.82, 2.24) is 0 Å². The van der Waals surface area contributed by atoms with Gasteiger partial charge in [-0.15, -0.1) is 0 Å². The van der Waals surface area contributed by atoms with Gasteiger partial charge in [-0.2, -0.15) is 0 Å². The van der Waals surface area contributed by atoms with Crippen LogP contribution in [0.15, 0.2) is 23.3 Å². The maximum Gasteiger partial charge on any atom is 0.126 e. The number of allylic oxidation sites excluding steroid dienone is 4. The molecule has 0 unspecified atom stereocenters. The largest absolute Gasteiger partial charge is 0.303 e. The predicted octanol–water partition coefficient (Wildman–Crippen LogP) is 3.90. The fourth-order valence-corrected chi connectivity index (χ4v) is 3.03. The molecule has 0 spiro atoms. The number of hydrogen-bond donors (Lipinski definition) is 0. The molecule has 0 aliphatic heterocycles. The van der Waals surface area contributed by atoms with E-state index in [2.05, 4.69) is 32.9 Å². The maximum absolute atomic E-state index is 11.2. The molecule has 0 aromatic carbocycles. The van der Waals surface area contributed by atoms with Crippen LogP contribution in [-0.2, 0) is 4.79 Å². The molecule has 0 bridgehead atoms. The molecule has 88 valence electrons. The highest BCUT2D eigenvalue weighted by molar-refractivity contribution is 5.66. The topological polar surface area (TPSA) is 17.1 Å². The molecule has 0 amide bonds. The van der Waals surface area contributed by atoms with Gasteiger partial charge in [0.1, 0.15) is 6.29 Å². The SMILES string of the molecule is C/C1=C\[C@@H]2[C@H](CC/C(C)=C/CC1)[C@]2(C)C=O. The van der Waals surface area contributed by atoms with Crippen molar-refractivity contribution in [1.29, 1.82) is 0 Å². The lowest BCUT2D eigenvalue weighted by molar-refractivity contribution is -0.112. The lowest BCUT2D eigenvalue weighted by Crippen LogP contribution is -2.00. The zero-order chi connectivity index (χ0) is 11.8. The van der Waals surface area contributed by atoms with E-state index in [1.807, 2.05) is 0 Å². The molecule has 3 atom stereocenters. The molecule has 0 radical (unpaired) electrons. The average molecular weight is 218 g/mol. The Balaban J connectivity index is 2.18. The summed E-state index contributed by atoms with van der Waals surface area (Å²) < 4.78 is 0. The van der Waals surface area contributed by atoms with Crippen LogP contribution in [0, 0.1) is 17.3 Å². The third kappa shape index (κ3) is 2.00. The second-order valence-corrected chi connectivity index (χ2v) is 5.76. The molecule has 0 N–H and O–H groups in total. The van der Waals surface area contributed by atoms with E-state index in [1.165, 1.54) is 23.9 Å². The van der Waals surface area contributed by atoms with Crippen molar-refractivity contribution in [2.24, 2.45) is 17.3 Å². The molecule has 1 heteroatoms. The van der Waals surface area contributed by atoms with Gasteiger partial charge in [-0.1, -0.05) is 30.2 Å². The highest BCUT2D eigenvalue weighted by Crippen LogP contribution is 2.60. The third-order valence-corrected chi connectivity index (χ3v) is 4.44. The van der Waals surface area contributed by atoms with Crippen LogP contribution in [0.5, 0.6) is 0 Å². The average Bonchev–Trinajstić information content (AvgIpc) is 2.81. The monoisotopic (exact) mass is 218 g/mol. The summed E-state index contributed by atoms with van der Waals surface area (Å²) in [6.07, 6.45) is 10.5. The van der Waals surface area contributed by atoms with Crippen LogP contribution in [0.3, 0.4) is 0 Å². The number of aldehydes is 1. The Labute approximate surface area is 98.6 Å². The Morgan fingerprint density at radius 3 is 2.75 bits per heavy atom. The summed E-state index contributed by atoms with van der Waals surface area (Å²) in [6.45, 7) is 6.54. The molecular formula is C15H22O. The lowest BCUT2D eigenvalue weighted by atomic mass is 10.0. The van der Waals surface area contributed by atoms with E-state index >= 15 is 0 Å². The number of rotatable bonds is 1. The fraction of sp³-hybridized carbons (Fsp3) is 0.667. The van der Waals surface area contributed by atoms with Gasteiger partial charge in [-0.3, -0.25) is 0 Å². The Bertz CT molecular complexity index is 350. The molecule has 16 heavy (non-hydrogen) atoms. The number of carbonyl (C=O) groups excluding carboxylic acids is 1. The number of fused-ring (bicyclic) bond motifs is 1. The maximum atomic E-state index is 11.2. The lowest BCUT2D eigenvalue weighted by Gasteiger charge is -2.05. The first-order valence-corrected chi connectivity index (χ1v) is 6.37. The van der Waals surface area contributed by atoms with Crippen molar-refractivity contribution in [3.05, 3.63) is 23.3 Å². The Kier molecular flexibility index (Phi) is 3.05. The molecule has 0 aromatic heterocycles. The molecule has 2 aliphatic rings. The number of hydrogen-bond acceptors (Lipinski definition) is 1. The summed E-state index contributed by atoms with van der Waals surface area (Å²) in [6, 6.07) is 0. The van der Waals surface area contributed by atoms with E-state index in [9.17, 15) is 4.79 Å². The van der Waals surface area contributed by atoms with Gasteiger partial charge >= 0.3 is 0 Å². The zero-order valence-electron chi connectivity index (χ0n) is 10.6.